The van der Waals surface area contributed by atoms with Gasteiger partial charge in [-0.1, -0.05) is 36.1 Å². The van der Waals surface area contributed by atoms with Crippen LogP contribution in [-0.4, -0.2) is 114 Å². The van der Waals surface area contributed by atoms with Crippen molar-refractivity contribution in [2.45, 2.75) is 104 Å². The van der Waals surface area contributed by atoms with Crippen LogP contribution in [0.5, 0.6) is 11.5 Å². The van der Waals surface area contributed by atoms with Gasteiger partial charge in [0.15, 0.2) is 5.54 Å². The smallest absolute Gasteiger partial charge is 0.456 e. The molecular formula is C53H65N7O16P3+. The standard InChI is InChI=1S/C53H64N7O16P3/c1-10-59-40-24-43-38(22-36(40)31(3)27-52(59,5)6)48(39-23-37-32(4)28-53(7,8)60(11-2)41(37)25-44(39)73-43)34-17-12-13-18-35(34)50(63)57(9)21-15-19-46(62)55-20-14-16-33-29-58(51(64)56-49(33)54)47-26-42(61)45(74-47)30-72-78(68,69)76-79(70,71)75-77(65,66)67/h12-13,17-18,22-25,27-29,42,45,47,61H,10-11,15,19-21,26,30H2,1-9H3,(H6-,54,55,56,62,64,65,66,67,68,69,70,71)/p+1/t42-,45+,47+/m0/s1. The van der Waals surface area contributed by atoms with E-state index in [9.17, 15) is 43.0 Å². The largest absolute Gasteiger partial charge is 0.490 e. The Morgan fingerprint density at radius 3 is 2.35 bits per heavy atom. The average molecular weight is 1150 g/mol. The minimum absolute atomic E-state index is 0.0481. The Bertz CT molecular complexity index is 3640. The number of nitrogens with one attached hydrogen (secondary N) is 1. The van der Waals surface area contributed by atoms with Crippen LogP contribution in [0.15, 0.2) is 71.7 Å². The molecule has 1 fully saturated rings. The normalized spacial score (nSPS) is 20.4. The summed E-state index contributed by atoms with van der Waals surface area (Å²) in [6.07, 6.45) is 1.78. The number of hydrogen-bond acceptors (Lipinski definition) is 15. The summed E-state index contributed by atoms with van der Waals surface area (Å²) < 4.78 is 62.6. The van der Waals surface area contributed by atoms with Crippen molar-refractivity contribution in [2.24, 2.45) is 0 Å². The lowest BCUT2D eigenvalue weighted by molar-refractivity contribution is -0.121. The fourth-order valence-corrected chi connectivity index (χ4v) is 13.8. The number of aromatic nitrogens is 2. The Kier molecular flexibility index (Phi) is 16.8. The first-order valence-electron chi connectivity index (χ1n) is 25.4. The Labute approximate surface area is 456 Å². The van der Waals surface area contributed by atoms with Gasteiger partial charge in [0.1, 0.15) is 36.2 Å². The zero-order valence-corrected chi connectivity index (χ0v) is 47.8. The van der Waals surface area contributed by atoms with E-state index in [1.165, 1.54) is 6.20 Å². The van der Waals surface area contributed by atoms with Gasteiger partial charge in [0.25, 0.3) is 5.91 Å². The van der Waals surface area contributed by atoms with E-state index in [0.717, 1.165) is 72.9 Å². The van der Waals surface area contributed by atoms with Gasteiger partial charge in [-0.05, 0) is 88.9 Å². The number of benzene rings is 3. The second-order valence-electron chi connectivity index (χ2n) is 20.7. The van der Waals surface area contributed by atoms with Crippen LogP contribution >= 0.6 is 23.5 Å². The predicted octanol–water partition coefficient (Wildman–Crippen LogP) is 4.92. The highest BCUT2D eigenvalue weighted by molar-refractivity contribution is 7.66. The number of ether oxygens (including phenoxy) is 2. The fourth-order valence-electron chi connectivity index (χ4n) is 10.8. The van der Waals surface area contributed by atoms with E-state index >= 15 is 0 Å². The quantitative estimate of drug-likeness (QED) is 0.0369. The van der Waals surface area contributed by atoms with Crippen LogP contribution in [0, 0.1) is 11.8 Å². The van der Waals surface area contributed by atoms with Gasteiger partial charge in [-0.3, -0.25) is 18.7 Å². The molecule has 23 nitrogen and oxygen atoms in total. The van der Waals surface area contributed by atoms with Crippen molar-refractivity contribution < 1.29 is 70.6 Å². The van der Waals surface area contributed by atoms with Gasteiger partial charge in [0, 0.05) is 97.8 Å². The molecule has 4 aliphatic rings. The molecule has 2 amide bonds. The van der Waals surface area contributed by atoms with Gasteiger partial charge in [-0.15, -0.1) is 0 Å². The molecule has 8 N–H and O–H groups in total. The van der Waals surface area contributed by atoms with Crippen LogP contribution < -0.4 is 41.5 Å². The summed E-state index contributed by atoms with van der Waals surface area (Å²) in [4.78, 5) is 84.9. The van der Waals surface area contributed by atoms with Gasteiger partial charge < -0.3 is 55.0 Å². The van der Waals surface area contributed by atoms with Crippen molar-refractivity contribution in [2.75, 3.05) is 50.5 Å². The third-order valence-electron chi connectivity index (χ3n) is 14.1. The molecule has 5 heterocycles. The Balaban J connectivity index is 0.955. The first-order valence-corrected chi connectivity index (χ1v) is 29.9. The number of anilines is 2. The van der Waals surface area contributed by atoms with Crippen molar-refractivity contribution in [3.63, 3.8) is 0 Å². The van der Waals surface area contributed by atoms with Crippen molar-refractivity contribution >= 4 is 63.5 Å². The molecule has 0 bridgehead atoms. The summed E-state index contributed by atoms with van der Waals surface area (Å²) in [5, 5.41) is 15.2. The van der Waals surface area contributed by atoms with E-state index in [4.69, 9.17) is 25.0 Å². The number of carbonyl (C=O) groups is 2. The van der Waals surface area contributed by atoms with Crippen LogP contribution in [-0.2, 0) is 36.4 Å². The molecule has 2 unspecified atom stereocenters. The molecule has 26 heteroatoms. The number of nitrogens with two attached hydrogens (primary N) is 1. The molecule has 0 spiro atoms. The summed E-state index contributed by atoms with van der Waals surface area (Å²) in [6, 6.07) is 16.3. The number of phosphoric acid groups is 3. The van der Waals surface area contributed by atoms with Gasteiger partial charge in [-0.25, -0.2) is 23.1 Å². The van der Waals surface area contributed by atoms with E-state index in [1.807, 2.05) is 24.3 Å². The number of phosphoric ester groups is 1. The third kappa shape index (κ3) is 12.8. The van der Waals surface area contributed by atoms with E-state index in [0.29, 0.717) is 23.5 Å². The molecular weight excluding hydrogens is 1080 g/mol. The van der Waals surface area contributed by atoms with Crippen molar-refractivity contribution in [3.05, 3.63) is 121 Å². The number of aliphatic hydroxyl groups is 1. The van der Waals surface area contributed by atoms with Crippen LogP contribution in [0.1, 0.15) is 119 Å². The molecule has 4 aromatic rings. The van der Waals surface area contributed by atoms with Gasteiger partial charge in [0.2, 0.25) is 11.3 Å². The van der Waals surface area contributed by atoms with Crippen LogP contribution in [0.2, 0.25) is 0 Å². The van der Waals surface area contributed by atoms with Crippen molar-refractivity contribution in [3.8, 4) is 23.3 Å². The first-order chi connectivity index (χ1) is 36.9. The number of fused-ring (bicyclic) bond motifs is 4. The number of amides is 2. The number of rotatable bonds is 17. The number of allylic oxidation sites excluding steroid dienone is 2. The zero-order valence-electron chi connectivity index (χ0n) is 45.1. The fraction of sp³-hybridized carbons (Fsp3) is 0.415. The third-order valence-corrected chi connectivity index (χ3v) is 17.9. The SMILES string of the molecule is CCN1c2cc3c(cc2C(C)=CC1(C)C)C(c1ccccc1C(=O)N(C)CCCC(=O)NCC#Cc1cn([C@H]2C[C@H](O)[C@@H](COP(=O)(O)OP(=O)(O)OP(=O)(O)O)O2)c(=O)nc1N)=c1cc2c(cc1O3)=[N+](CC)C(C)(C)C=C2C. The van der Waals surface area contributed by atoms with Crippen LogP contribution in [0.4, 0.5) is 11.5 Å². The Hall–Kier alpha value is -6.08. The van der Waals surface area contributed by atoms with E-state index in [1.54, 1.807) is 11.9 Å². The molecule has 79 heavy (non-hydrogen) atoms. The lowest BCUT2D eigenvalue weighted by Crippen LogP contribution is -2.49. The van der Waals surface area contributed by atoms with E-state index in [2.05, 4.69) is 137 Å². The molecule has 0 aliphatic carbocycles. The maximum absolute atomic E-state index is 14.7. The molecule has 1 aromatic heterocycles. The topological polar surface area (TPSA) is 315 Å². The predicted molar refractivity (Wildman–Crippen MR) is 294 cm³/mol. The molecule has 5 atom stereocenters. The number of carbonyl (C=O) groups excluding carboxylic acids is 2. The number of nitrogen functional groups attached to an aromatic ring is 1. The lowest BCUT2D eigenvalue weighted by atomic mass is 9.83. The monoisotopic (exact) mass is 1150 g/mol. The summed E-state index contributed by atoms with van der Waals surface area (Å²) >= 11 is 0. The summed E-state index contributed by atoms with van der Waals surface area (Å²) in [7, 11) is -15.2. The van der Waals surface area contributed by atoms with Crippen LogP contribution in [0.3, 0.4) is 0 Å². The minimum Gasteiger partial charge on any atom is -0.456 e. The zero-order chi connectivity index (χ0) is 57.7. The molecule has 4 aliphatic heterocycles. The first kappa shape index (κ1) is 59.1. The molecule has 3 aromatic carbocycles. The second kappa shape index (κ2) is 22.5. The highest BCUT2D eigenvalue weighted by Gasteiger charge is 2.44. The highest BCUT2D eigenvalue weighted by atomic mass is 31.3. The lowest BCUT2D eigenvalue weighted by Gasteiger charge is -2.43. The number of aliphatic hydroxyl groups excluding tert-OH is 1. The van der Waals surface area contributed by atoms with E-state index in [-0.39, 0.29) is 60.2 Å². The molecule has 0 radical (unpaired) electrons. The van der Waals surface area contributed by atoms with Crippen LogP contribution in [0.25, 0.3) is 16.7 Å². The van der Waals surface area contributed by atoms with Crippen molar-refractivity contribution in [1.29, 1.82) is 0 Å². The van der Waals surface area contributed by atoms with Gasteiger partial charge >= 0.3 is 29.2 Å². The maximum Gasteiger partial charge on any atom is 0.490 e. The summed E-state index contributed by atoms with van der Waals surface area (Å²) in [5.41, 5.74) is 13.2. The number of likely N-dealkylation sites (N-methyl/N-ethyl adjacent to an activating group) is 2. The summed E-state index contributed by atoms with van der Waals surface area (Å²) in [6.45, 7) is 18.1. The van der Waals surface area contributed by atoms with E-state index < -0.39 is 54.2 Å². The molecule has 1 saturated heterocycles. The van der Waals surface area contributed by atoms with Gasteiger partial charge in [0.05, 0.1) is 36.4 Å². The second-order valence-corrected chi connectivity index (χ2v) is 25.1. The average Bonchev–Trinajstić information content (AvgIpc) is 3.68. The molecule has 422 valence electrons. The number of nitrogens with zero attached hydrogens (tertiary/aromatic N) is 5. The minimum atomic E-state index is -5.79. The molecule has 0 saturated carbocycles. The van der Waals surface area contributed by atoms with Crippen molar-refractivity contribution in [1.82, 2.24) is 24.3 Å². The Morgan fingerprint density at radius 2 is 1.66 bits per heavy atom. The van der Waals surface area contributed by atoms with Gasteiger partial charge in [-0.2, -0.15) is 13.6 Å². The molecule has 8 rings (SSSR count). The highest BCUT2D eigenvalue weighted by Crippen LogP contribution is 2.66. The Morgan fingerprint density at radius 1 is 0.949 bits per heavy atom. The maximum atomic E-state index is 14.7. The summed E-state index contributed by atoms with van der Waals surface area (Å²) in [5.74, 6) is 6.06. The number of hydrogen-bond donors (Lipinski definition) is 7.